The second-order valence-electron chi connectivity index (χ2n) is 6.14. The Bertz CT molecular complexity index is 837. The first kappa shape index (κ1) is 23.5. The summed E-state index contributed by atoms with van der Waals surface area (Å²) in [7, 11) is -4.27. The summed E-state index contributed by atoms with van der Waals surface area (Å²) in [6.07, 6.45) is -5.18. The van der Waals surface area contributed by atoms with Gasteiger partial charge in [0, 0.05) is 6.54 Å². The van der Waals surface area contributed by atoms with Gasteiger partial charge < -0.3 is 50.0 Å². The number of anilines is 1. The molecule has 2 aromatic heterocycles. The largest absolute Gasteiger partial charge is 0.394 e. The minimum Gasteiger partial charge on any atom is -0.394 e. The van der Waals surface area contributed by atoms with Crippen LogP contribution in [-0.4, -0.2) is 101 Å². The normalized spacial score (nSPS) is 18.3. The molecule has 164 valence electrons. The first-order chi connectivity index (χ1) is 13.7. The number of aliphatic hydroxyl groups is 5. The molecule has 0 radical (unpaired) electrons. The van der Waals surface area contributed by atoms with Gasteiger partial charge in [0.15, 0.2) is 11.5 Å². The number of imidazole rings is 1. The summed E-state index contributed by atoms with van der Waals surface area (Å²) in [5.41, 5.74) is 6.58. The fraction of sp³-hybridized carbons (Fsp3) is 0.643. The van der Waals surface area contributed by atoms with Crippen LogP contribution >= 0.6 is 7.60 Å². The van der Waals surface area contributed by atoms with E-state index in [1.807, 2.05) is 0 Å². The molecule has 15 heteroatoms. The average molecular weight is 437 g/mol. The van der Waals surface area contributed by atoms with Crippen LogP contribution in [-0.2, 0) is 20.4 Å². The molecule has 2 aromatic rings. The zero-order valence-corrected chi connectivity index (χ0v) is 16.1. The van der Waals surface area contributed by atoms with Crippen LogP contribution in [0.25, 0.3) is 11.2 Å². The zero-order valence-electron chi connectivity index (χ0n) is 15.2. The molecule has 0 spiro atoms. The Balaban J connectivity index is 1.76. The maximum Gasteiger partial charge on any atom is 0.353 e. The molecule has 5 atom stereocenters. The van der Waals surface area contributed by atoms with Crippen molar-refractivity contribution in [1.29, 1.82) is 0 Å². The molecule has 0 bridgehead atoms. The van der Waals surface area contributed by atoms with Crippen LogP contribution in [0.4, 0.5) is 5.82 Å². The van der Waals surface area contributed by atoms with Crippen LogP contribution < -0.4 is 5.73 Å². The average Bonchev–Trinajstić information content (AvgIpc) is 3.12. The number of aromatic nitrogens is 4. The van der Waals surface area contributed by atoms with E-state index >= 15 is 0 Å². The quantitative estimate of drug-likeness (QED) is 0.130. The lowest BCUT2D eigenvalue weighted by atomic mass is 10.0. The molecule has 0 amide bonds. The Labute approximate surface area is 164 Å². The topological polar surface area (TPSA) is 227 Å². The number of fused-ring (bicyclic) bond motifs is 1. The summed E-state index contributed by atoms with van der Waals surface area (Å²) >= 11 is 0. The smallest absolute Gasteiger partial charge is 0.353 e. The van der Waals surface area contributed by atoms with Gasteiger partial charge in [0.05, 0.1) is 26.1 Å². The van der Waals surface area contributed by atoms with Crippen molar-refractivity contribution >= 4 is 24.6 Å². The molecule has 8 N–H and O–H groups in total. The molecular formula is C14H24N5O9P. The van der Waals surface area contributed by atoms with E-state index in [1.165, 1.54) is 12.7 Å². The summed E-state index contributed by atoms with van der Waals surface area (Å²) in [5, 5.41) is 46.7. The van der Waals surface area contributed by atoms with E-state index in [0.717, 1.165) is 0 Å². The lowest BCUT2D eigenvalue weighted by molar-refractivity contribution is -0.122. The van der Waals surface area contributed by atoms with Gasteiger partial charge in [-0.15, -0.1) is 0 Å². The highest BCUT2D eigenvalue weighted by molar-refractivity contribution is 7.52. The SMILES string of the molecule is Nc1ncnc2c1ncn2CCOCP(=O)(O)OCC(O)C(O)C(O)C(O)CO. The molecule has 5 unspecified atom stereocenters. The van der Waals surface area contributed by atoms with Crippen molar-refractivity contribution in [3.05, 3.63) is 12.7 Å². The molecule has 0 aromatic carbocycles. The van der Waals surface area contributed by atoms with E-state index in [-0.39, 0.29) is 19.0 Å². The van der Waals surface area contributed by atoms with Gasteiger partial charge in [0.25, 0.3) is 0 Å². The van der Waals surface area contributed by atoms with E-state index in [9.17, 15) is 29.9 Å². The van der Waals surface area contributed by atoms with Gasteiger partial charge in [0.1, 0.15) is 42.6 Å². The second-order valence-corrected chi connectivity index (χ2v) is 7.93. The monoisotopic (exact) mass is 437 g/mol. The fourth-order valence-electron chi connectivity index (χ4n) is 2.30. The Morgan fingerprint density at radius 2 is 1.83 bits per heavy atom. The van der Waals surface area contributed by atoms with Gasteiger partial charge in [-0.25, -0.2) is 15.0 Å². The summed E-state index contributed by atoms with van der Waals surface area (Å²) in [6, 6.07) is 0. The van der Waals surface area contributed by atoms with Crippen molar-refractivity contribution in [3.8, 4) is 0 Å². The Kier molecular flexibility index (Phi) is 8.39. The van der Waals surface area contributed by atoms with E-state index in [0.29, 0.717) is 11.2 Å². The molecule has 0 fully saturated rings. The number of nitrogen functional groups attached to an aromatic ring is 1. The number of nitrogens with zero attached hydrogens (tertiary/aromatic N) is 4. The van der Waals surface area contributed by atoms with Gasteiger partial charge in [-0.05, 0) is 0 Å². The van der Waals surface area contributed by atoms with Crippen LogP contribution in [0, 0.1) is 0 Å². The van der Waals surface area contributed by atoms with Gasteiger partial charge in [-0.1, -0.05) is 0 Å². The van der Waals surface area contributed by atoms with Crippen molar-refractivity contribution in [2.24, 2.45) is 0 Å². The van der Waals surface area contributed by atoms with Gasteiger partial charge in [-0.3, -0.25) is 4.57 Å². The Morgan fingerprint density at radius 1 is 1.14 bits per heavy atom. The van der Waals surface area contributed by atoms with Crippen molar-refractivity contribution in [2.45, 2.75) is 31.0 Å². The van der Waals surface area contributed by atoms with E-state index in [2.05, 4.69) is 19.5 Å². The van der Waals surface area contributed by atoms with Crippen molar-refractivity contribution < 1.29 is 44.3 Å². The molecule has 2 heterocycles. The minimum atomic E-state index is -4.27. The molecule has 0 saturated heterocycles. The van der Waals surface area contributed by atoms with Crippen molar-refractivity contribution in [2.75, 3.05) is 31.9 Å². The van der Waals surface area contributed by atoms with Crippen LogP contribution in [0.15, 0.2) is 12.7 Å². The Morgan fingerprint density at radius 3 is 2.52 bits per heavy atom. The van der Waals surface area contributed by atoms with Crippen molar-refractivity contribution in [3.63, 3.8) is 0 Å². The standard InChI is InChI=1S/C14H24N5O9P/c15-13-10-14(17-5-16-13)19(6-18-10)1-2-27-7-29(25,26)28-4-9(22)12(24)11(23)8(21)3-20/h5-6,8-9,11-12,20-24H,1-4,7H2,(H,25,26)(H2,15,16,17). The number of hydrogen-bond acceptors (Lipinski definition) is 12. The van der Waals surface area contributed by atoms with Gasteiger partial charge in [0.2, 0.25) is 0 Å². The molecule has 2 rings (SSSR count). The number of ether oxygens (including phenoxy) is 1. The molecular weight excluding hydrogens is 413 g/mol. The van der Waals surface area contributed by atoms with Crippen molar-refractivity contribution in [1.82, 2.24) is 19.5 Å². The molecule has 0 saturated carbocycles. The lowest BCUT2D eigenvalue weighted by Gasteiger charge is -2.26. The van der Waals surface area contributed by atoms with E-state index in [4.69, 9.17) is 15.6 Å². The van der Waals surface area contributed by atoms with Gasteiger partial charge >= 0.3 is 7.60 Å². The number of nitrogens with two attached hydrogens (primary N) is 1. The predicted octanol–water partition coefficient (Wildman–Crippen LogP) is -2.98. The third-order valence-corrected chi connectivity index (χ3v) is 4.99. The fourth-order valence-corrected chi connectivity index (χ4v) is 3.12. The van der Waals surface area contributed by atoms with E-state index in [1.54, 1.807) is 4.57 Å². The number of rotatable bonds is 12. The zero-order chi connectivity index (χ0) is 21.6. The summed E-state index contributed by atoms with van der Waals surface area (Å²) in [6.45, 7) is -1.39. The summed E-state index contributed by atoms with van der Waals surface area (Å²) in [4.78, 5) is 21.6. The highest BCUT2D eigenvalue weighted by atomic mass is 31.2. The first-order valence-electron chi connectivity index (χ1n) is 8.45. The molecule has 29 heavy (non-hydrogen) atoms. The first-order valence-corrected chi connectivity index (χ1v) is 10.2. The number of hydrogen-bond donors (Lipinski definition) is 7. The summed E-state index contributed by atoms with van der Waals surface area (Å²) in [5.74, 6) is 0.222. The maximum absolute atomic E-state index is 11.9. The second kappa shape index (κ2) is 10.3. The third kappa shape index (κ3) is 6.37. The van der Waals surface area contributed by atoms with Crippen LogP contribution in [0.5, 0.6) is 0 Å². The molecule has 0 aliphatic carbocycles. The highest BCUT2D eigenvalue weighted by Gasteiger charge is 2.32. The molecule has 0 aliphatic heterocycles. The highest BCUT2D eigenvalue weighted by Crippen LogP contribution is 2.41. The number of aliphatic hydroxyl groups excluding tert-OH is 5. The van der Waals surface area contributed by atoms with Crippen LogP contribution in [0.3, 0.4) is 0 Å². The lowest BCUT2D eigenvalue weighted by Crippen LogP contribution is -2.47. The van der Waals surface area contributed by atoms with E-state index < -0.39 is 51.6 Å². The Hall–Kier alpha value is -1.74. The van der Waals surface area contributed by atoms with Crippen LogP contribution in [0.2, 0.25) is 0 Å². The van der Waals surface area contributed by atoms with Crippen LogP contribution in [0.1, 0.15) is 0 Å². The maximum atomic E-state index is 11.9. The van der Waals surface area contributed by atoms with Gasteiger partial charge in [-0.2, -0.15) is 0 Å². The predicted molar refractivity (Wildman–Crippen MR) is 97.4 cm³/mol. The third-order valence-electron chi connectivity index (χ3n) is 3.93. The summed E-state index contributed by atoms with van der Waals surface area (Å²) < 4.78 is 23.3. The minimum absolute atomic E-state index is 0.00978. The molecule has 0 aliphatic rings. The molecule has 14 nitrogen and oxygen atoms in total.